The third-order valence-electron chi connectivity index (χ3n) is 3.13. The quantitative estimate of drug-likeness (QED) is 0.730. The Morgan fingerprint density at radius 1 is 1.16 bits per heavy atom. The lowest BCUT2D eigenvalue weighted by molar-refractivity contribution is 1.20. The zero-order valence-electron chi connectivity index (χ0n) is 10.8. The highest BCUT2D eigenvalue weighted by atomic mass is 35.5. The van der Waals surface area contributed by atoms with Crippen molar-refractivity contribution in [2.75, 3.05) is 5.73 Å². The van der Waals surface area contributed by atoms with Crippen LogP contribution in [0.3, 0.4) is 0 Å². The highest BCUT2D eigenvalue weighted by Gasteiger charge is 2.13. The van der Waals surface area contributed by atoms with Gasteiger partial charge in [0.15, 0.2) is 5.65 Å². The van der Waals surface area contributed by atoms with Crippen LogP contribution in [-0.4, -0.2) is 9.38 Å². The van der Waals surface area contributed by atoms with Crippen molar-refractivity contribution in [1.82, 2.24) is 9.38 Å². The molecule has 0 aliphatic heterocycles. The number of nitrogen functional groups attached to an aromatic ring is 1. The van der Waals surface area contributed by atoms with Crippen molar-refractivity contribution in [3.8, 4) is 11.3 Å². The van der Waals surface area contributed by atoms with Gasteiger partial charge >= 0.3 is 0 Å². The first-order valence-electron chi connectivity index (χ1n) is 6.07. The zero-order chi connectivity index (χ0) is 13.6. The lowest BCUT2D eigenvalue weighted by atomic mass is 10.1. The maximum atomic E-state index is 6.18. The van der Waals surface area contributed by atoms with Crippen molar-refractivity contribution >= 4 is 23.1 Å². The monoisotopic (exact) mass is 271 g/mol. The van der Waals surface area contributed by atoms with Gasteiger partial charge in [-0.3, -0.25) is 4.40 Å². The Morgan fingerprint density at radius 2 is 1.84 bits per heavy atom. The summed E-state index contributed by atoms with van der Waals surface area (Å²) in [5.74, 6) is 0.613. The van der Waals surface area contributed by atoms with E-state index in [2.05, 4.69) is 37.0 Å². The standard InChI is InChI=1S/C15H14ClN3/c1-9-6-10(2)8-11(7-9)13-14(17)19-5-3-4-12(16)15(19)18-13/h3-8H,17H2,1-2H3. The summed E-state index contributed by atoms with van der Waals surface area (Å²) < 4.78 is 1.81. The molecular formula is C15H14ClN3. The number of benzene rings is 1. The topological polar surface area (TPSA) is 43.3 Å². The third-order valence-corrected chi connectivity index (χ3v) is 3.43. The largest absolute Gasteiger partial charge is 0.383 e. The van der Waals surface area contributed by atoms with Crippen LogP contribution in [0, 0.1) is 13.8 Å². The Morgan fingerprint density at radius 3 is 2.47 bits per heavy atom. The highest BCUT2D eigenvalue weighted by Crippen LogP contribution is 2.30. The number of anilines is 1. The zero-order valence-corrected chi connectivity index (χ0v) is 11.6. The number of rotatable bonds is 1. The van der Waals surface area contributed by atoms with Gasteiger partial charge < -0.3 is 5.73 Å². The second kappa shape index (κ2) is 4.28. The van der Waals surface area contributed by atoms with Gasteiger partial charge in [-0.15, -0.1) is 0 Å². The number of nitrogens with two attached hydrogens (primary N) is 1. The van der Waals surface area contributed by atoms with Crippen LogP contribution in [0.25, 0.3) is 16.9 Å². The molecule has 0 amide bonds. The second-order valence-electron chi connectivity index (χ2n) is 4.77. The summed E-state index contributed by atoms with van der Waals surface area (Å²) in [6.45, 7) is 4.13. The lowest BCUT2D eigenvalue weighted by Gasteiger charge is -2.03. The predicted octanol–water partition coefficient (Wildman–Crippen LogP) is 3.85. The van der Waals surface area contributed by atoms with E-state index in [4.69, 9.17) is 17.3 Å². The van der Waals surface area contributed by atoms with Gasteiger partial charge in [-0.1, -0.05) is 28.8 Å². The third kappa shape index (κ3) is 1.96. The first-order valence-corrected chi connectivity index (χ1v) is 6.45. The second-order valence-corrected chi connectivity index (χ2v) is 5.18. The molecule has 0 aliphatic carbocycles. The van der Waals surface area contributed by atoms with Gasteiger partial charge in [-0.05, 0) is 38.1 Å². The SMILES string of the molecule is Cc1cc(C)cc(-c2nc3c(Cl)cccn3c2N)c1. The molecular weight excluding hydrogens is 258 g/mol. The first kappa shape index (κ1) is 12.1. The van der Waals surface area contributed by atoms with Gasteiger partial charge in [0, 0.05) is 11.8 Å². The van der Waals surface area contributed by atoms with E-state index in [0.717, 1.165) is 11.3 Å². The summed E-state index contributed by atoms with van der Waals surface area (Å²) in [6.07, 6.45) is 1.87. The summed E-state index contributed by atoms with van der Waals surface area (Å²) in [5.41, 5.74) is 11.1. The van der Waals surface area contributed by atoms with Crippen molar-refractivity contribution < 1.29 is 0 Å². The van der Waals surface area contributed by atoms with E-state index in [-0.39, 0.29) is 0 Å². The number of pyridine rings is 1. The van der Waals surface area contributed by atoms with Gasteiger partial charge in [0.25, 0.3) is 0 Å². The molecule has 0 fully saturated rings. The number of imidazole rings is 1. The van der Waals surface area contributed by atoms with Crippen molar-refractivity contribution in [1.29, 1.82) is 0 Å². The molecule has 19 heavy (non-hydrogen) atoms. The Labute approximate surface area is 116 Å². The van der Waals surface area contributed by atoms with Gasteiger partial charge in [-0.2, -0.15) is 0 Å². The number of halogens is 1. The van der Waals surface area contributed by atoms with Crippen molar-refractivity contribution in [3.63, 3.8) is 0 Å². The number of aromatic nitrogens is 2. The number of fused-ring (bicyclic) bond motifs is 1. The van der Waals surface area contributed by atoms with Gasteiger partial charge in [-0.25, -0.2) is 4.98 Å². The fraction of sp³-hybridized carbons (Fsp3) is 0.133. The maximum absolute atomic E-state index is 6.18. The Hall–Kier alpha value is -2.00. The summed E-state index contributed by atoms with van der Waals surface area (Å²) in [6, 6.07) is 9.97. The molecule has 0 radical (unpaired) electrons. The average Bonchev–Trinajstić information content (AvgIpc) is 2.68. The van der Waals surface area contributed by atoms with Crippen molar-refractivity contribution in [2.45, 2.75) is 13.8 Å². The van der Waals surface area contributed by atoms with E-state index in [9.17, 15) is 0 Å². The smallest absolute Gasteiger partial charge is 0.157 e. The van der Waals surface area contributed by atoms with Crippen LogP contribution in [0.4, 0.5) is 5.82 Å². The van der Waals surface area contributed by atoms with Crippen molar-refractivity contribution in [3.05, 3.63) is 52.7 Å². The lowest BCUT2D eigenvalue weighted by Crippen LogP contribution is -1.94. The molecule has 0 aliphatic rings. The minimum absolute atomic E-state index is 0.602. The number of aryl methyl sites for hydroxylation is 2. The maximum Gasteiger partial charge on any atom is 0.157 e. The van der Waals surface area contributed by atoms with Gasteiger partial charge in [0.1, 0.15) is 11.5 Å². The van der Waals surface area contributed by atoms with Crippen LogP contribution in [0.2, 0.25) is 5.02 Å². The normalized spacial score (nSPS) is 11.1. The molecule has 1 aromatic carbocycles. The number of hydrogen-bond acceptors (Lipinski definition) is 2. The van der Waals surface area contributed by atoms with Crippen LogP contribution < -0.4 is 5.73 Å². The molecule has 0 bridgehead atoms. The molecule has 3 nitrogen and oxygen atoms in total. The van der Waals surface area contributed by atoms with Crippen LogP contribution in [0.15, 0.2) is 36.5 Å². The van der Waals surface area contributed by atoms with Gasteiger partial charge in [0.2, 0.25) is 0 Å². The minimum atomic E-state index is 0.602. The van der Waals surface area contributed by atoms with E-state index >= 15 is 0 Å². The molecule has 0 saturated carbocycles. The minimum Gasteiger partial charge on any atom is -0.383 e. The highest BCUT2D eigenvalue weighted by molar-refractivity contribution is 6.33. The molecule has 2 aromatic heterocycles. The van der Waals surface area contributed by atoms with Crippen LogP contribution in [0.5, 0.6) is 0 Å². The van der Waals surface area contributed by atoms with Crippen LogP contribution in [-0.2, 0) is 0 Å². The Kier molecular flexibility index (Phi) is 2.72. The predicted molar refractivity (Wildman–Crippen MR) is 79.5 cm³/mol. The fourth-order valence-electron chi connectivity index (χ4n) is 2.38. The van der Waals surface area contributed by atoms with Crippen LogP contribution >= 0.6 is 11.6 Å². The first-order chi connectivity index (χ1) is 9.06. The molecule has 2 heterocycles. The summed E-state index contributed by atoms with van der Waals surface area (Å²) >= 11 is 6.15. The molecule has 96 valence electrons. The fourth-order valence-corrected chi connectivity index (χ4v) is 2.58. The molecule has 3 aromatic rings. The number of hydrogen-bond donors (Lipinski definition) is 1. The van der Waals surface area contributed by atoms with Gasteiger partial charge in [0.05, 0.1) is 5.02 Å². The average molecular weight is 272 g/mol. The molecule has 0 saturated heterocycles. The Balaban J connectivity index is 2.31. The molecule has 0 spiro atoms. The van der Waals surface area contributed by atoms with E-state index in [0.29, 0.717) is 16.5 Å². The molecule has 0 atom stereocenters. The van der Waals surface area contributed by atoms with Crippen molar-refractivity contribution in [2.24, 2.45) is 0 Å². The summed E-state index contributed by atoms with van der Waals surface area (Å²) in [5, 5.41) is 0.602. The van der Waals surface area contributed by atoms with E-state index < -0.39 is 0 Å². The molecule has 2 N–H and O–H groups in total. The van der Waals surface area contributed by atoms with E-state index in [1.807, 2.05) is 22.7 Å². The van der Waals surface area contributed by atoms with E-state index in [1.165, 1.54) is 11.1 Å². The number of nitrogens with zero attached hydrogens (tertiary/aromatic N) is 2. The summed E-state index contributed by atoms with van der Waals surface area (Å²) in [4.78, 5) is 4.57. The molecule has 0 unspecified atom stereocenters. The summed E-state index contributed by atoms with van der Waals surface area (Å²) in [7, 11) is 0. The molecule has 4 heteroatoms. The molecule has 3 rings (SSSR count). The van der Waals surface area contributed by atoms with E-state index in [1.54, 1.807) is 0 Å². The van der Waals surface area contributed by atoms with Crippen LogP contribution in [0.1, 0.15) is 11.1 Å². The Bertz CT molecular complexity index is 754.